The third-order valence-corrected chi connectivity index (χ3v) is 5.96. The Kier molecular flexibility index (Phi) is 5.82. The Labute approximate surface area is 181 Å². The number of hydrogen-bond acceptors (Lipinski definition) is 5. The maximum Gasteiger partial charge on any atom is 0.257 e. The first-order valence-electron chi connectivity index (χ1n) is 10.8. The van der Waals surface area contributed by atoms with E-state index in [0.29, 0.717) is 28.4 Å². The van der Waals surface area contributed by atoms with Crippen LogP contribution in [0.25, 0.3) is 10.9 Å². The lowest BCUT2D eigenvalue weighted by Crippen LogP contribution is -2.42. The van der Waals surface area contributed by atoms with Gasteiger partial charge >= 0.3 is 0 Å². The highest BCUT2D eigenvalue weighted by Crippen LogP contribution is 2.31. The maximum atomic E-state index is 13.1. The first kappa shape index (κ1) is 21.1. The van der Waals surface area contributed by atoms with Crippen LogP contribution in [0.3, 0.4) is 0 Å². The number of carbonyl (C=O) groups excluding carboxylic acids is 1. The number of piperidine rings is 1. The zero-order valence-electron chi connectivity index (χ0n) is 18.6. The van der Waals surface area contributed by atoms with Gasteiger partial charge in [-0.25, -0.2) is 0 Å². The summed E-state index contributed by atoms with van der Waals surface area (Å²) in [5, 5.41) is 12.0. The van der Waals surface area contributed by atoms with Gasteiger partial charge in [-0.3, -0.25) is 14.3 Å². The average Bonchev–Trinajstić information content (AvgIpc) is 3.13. The molecule has 3 heterocycles. The van der Waals surface area contributed by atoms with E-state index in [0.717, 1.165) is 43.5 Å². The summed E-state index contributed by atoms with van der Waals surface area (Å²) < 4.78 is 3.23. The molecule has 0 saturated carbocycles. The lowest BCUT2D eigenvalue weighted by Gasteiger charge is -2.34. The minimum atomic E-state index is -0.237. The van der Waals surface area contributed by atoms with Gasteiger partial charge in [0.2, 0.25) is 0 Å². The smallest absolute Gasteiger partial charge is 0.257 e. The molecule has 8 heteroatoms. The third kappa shape index (κ3) is 4.20. The van der Waals surface area contributed by atoms with Crippen LogP contribution in [0.4, 0.5) is 11.4 Å². The van der Waals surface area contributed by atoms with Crippen LogP contribution >= 0.6 is 0 Å². The SMILES string of the molecule is CCNC1CCN(c2ccc(C(=O)Nc3cc(C)c(=O)n(C)c3)c3nn(C)cc23)CC1. The van der Waals surface area contributed by atoms with Crippen molar-refractivity contribution in [2.24, 2.45) is 14.1 Å². The highest BCUT2D eigenvalue weighted by molar-refractivity contribution is 6.13. The predicted molar refractivity (Wildman–Crippen MR) is 124 cm³/mol. The summed E-state index contributed by atoms with van der Waals surface area (Å²) in [6.45, 7) is 6.83. The molecule has 0 bridgehead atoms. The number of fused-ring (bicyclic) bond motifs is 1. The number of aryl methyl sites for hydroxylation is 3. The molecule has 164 valence electrons. The fraction of sp³-hybridized carbons (Fsp3) is 0.435. The number of anilines is 2. The number of carbonyl (C=O) groups is 1. The van der Waals surface area contributed by atoms with Crippen molar-refractivity contribution in [3.05, 3.63) is 52.1 Å². The highest BCUT2D eigenvalue weighted by atomic mass is 16.1. The lowest BCUT2D eigenvalue weighted by molar-refractivity contribution is 0.102. The molecule has 1 saturated heterocycles. The summed E-state index contributed by atoms with van der Waals surface area (Å²) in [6.07, 6.45) is 5.81. The van der Waals surface area contributed by atoms with Crippen LogP contribution < -0.4 is 21.1 Å². The van der Waals surface area contributed by atoms with Crippen molar-refractivity contribution in [2.45, 2.75) is 32.7 Å². The van der Waals surface area contributed by atoms with Gasteiger partial charge < -0.3 is 20.1 Å². The van der Waals surface area contributed by atoms with Crippen molar-refractivity contribution in [1.29, 1.82) is 0 Å². The van der Waals surface area contributed by atoms with Gasteiger partial charge in [-0.2, -0.15) is 5.10 Å². The predicted octanol–water partition coefficient (Wildman–Crippen LogP) is 2.41. The summed E-state index contributed by atoms with van der Waals surface area (Å²) in [7, 11) is 3.55. The van der Waals surface area contributed by atoms with Gasteiger partial charge in [0.25, 0.3) is 11.5 Å². The molecule has 8 nitrogen and oxygen atoms in total. The summed E-state index contributed by atoms with van der Waals surface area (Å²) in [5.74, 6) is -0.237. The quantitative estimate of drug-likeness (QED) is 0.660. The summed E-state index contributed by atoms with van der Waals surface area (Å²) >= 11 is 0. The van der Waals surface area contributed by atoms with Crippen LogP contribution in [0, 0.1) is 6.92 Å². The Balaban J connectivity index is 1.62. The molecule has 0 unspecified atom stereocenters. The molecular weight excluding hydrogens is 392 g/mol. The molecule has 0 aliphatic carbocycles. The van der Waals surface area contributed by atoms with Crippen molar-refractivity contribution < 1.29 is 4.79 Å². The standard InChI is InChI=1S/C23H30N6O2/c1-5-24-16-8-10-29(11-9-16)20-7-6-18(21-19(20)14-28(4)26-21)22(30)25-17-12-15(2)23(31)27(3)13-17/h6-7,12-14,16,24H,5,8-11H2,1-4H3,(H,25,30). The molecule has 0 radical (unpaired) electrons. The molecule has 0 spiro atoms. The molecule has 4 rings (SSSR count). The van der Waals surface area contributed by atoms with Crippen molar-refractivity contribution in [2.75, 3.05) is 29.9 Å². The molecule has 1 aromatic carbocycles. The number of hydrogen-bond donors (Lipinski definition) is 2. The van der Waals surface area contributed by atoms with Crippen LogP contribution in [0.1, 0.15) is 35.7 Å². The molecule has 1 aliphatic heterocycles. The zero-order valence-corrected chi connectivity index (χ0v) is 18.6. The van der Waals surface area contributed by atoms with Gasteiger partial charge in [0.15, 0.2) is 0 Å². The Morgan fingerprint density at radius 1 is 1.19 bits per heavy atom. The number of nitrogens with zero attached hydrogens (tertiary/aromatic N) is 4. The van der Waals surface area contributed by atoms with E-state index in [2.05, 4.69) is 27.6 Å². The number of aromatic nitrogens is 3. The maximum absolute atomic E-state index is 13.1. The van der Waals surface area contributed by atoms with Crippen molar-refractivity contribution in [3.8, 4) is 0 Å². The molecule has 31 heavy (non-hydrogen) atoms. The lowest BCUT2D eigenvalue weighted by atomic mass is 10.0. The molecule has 2 N–H and O–H groups in total. The Morgan fingerprint density at radius 2 is 1.94 bits per heavy atom. The fourth-order valence-corrected chi connectivity index (χ4v) is 4.42. The monoisotopic (exact) mass is 422 g/mol. The first-order valence-corrected chi connectivity index (χ1v) is 10.8. The topological polar surface area (TPSA) is 84.2 Å². The van der Waals surface area contributed by atoms with Gasteiger partial charge in [-0.15, -0.1) is 0 Å². The number of nitrogens with one attached hydrogen (secondary N) is 2. The van der Waals surface area contributed by atoms with Crippen LogP contribution in [0.2, 0.25) is 0 Å². The van der Waals surface area contributed by atoms with Gasteiger partial charge in [0.1, 0.15) is 5.52 Å². The van der Waals surface area contributed by atoms with Crippen LogP contribution in [-0.2, 0) is 14.1 Å². The largest absolute Gasteiger partial charge is 0.371 e. The molecule has 1 fully saturated rings. The van der Waals surface area contributed by atoms with E-state index >= 15 is 0 Å². The Morgan fingerprint density at radius 3 is 2.61 bits per heavy atom. The molecule has 1 aliphatic rings. The fourth-order valence-electron chi connectivity index (χ4n) is 4.42. The molecule has 1 amide bonds. The van der Waals surface area contributed by atoms with E-state index in [4.69, 9.17) is 0 Å². The molecule has 3 aromatic rings. The molecule has 2 aromatic heterocycles. The van der Waals surface area contributed by atoms with E-state index < -0.39 is 0 Å². The Hall–Kier alpha value is -3.13. The minimum absolute atomic E-state index is 0.0765. The number of amides is 1. The zero-order chi connectivity index (χ0) is 22.1. The average molecular weight is 423 g/mol. The second-order valence-electron chi connectivity index (χ2n) is 8.30. The normalized spacial score (nSPS) is 14.9. The van der Waals surface area contributed by atoms with E-state index in [9.17, 15) is 9.59 Å². The number of benzene rings is 1. The second kappa shape index (κ2) is 8.55. The number of rotatable bonds is 5. The van der Waals surface area contributed by atoms with E-state index in [1.165, 1.54) is 4.57 Å². The van der Waals surface area contributed by atoms with Gasteiger partial charge in [-0.1, -0.05) is 6.92 Å². The van der Waals surface area contributed by atoms with E-state index in [-0.39, 0.29) is 11.5 Å². The molecular formula is C23H30N6O2. The van der Waals surface area contributed by atoms with Crippen molar-refractivity contribution >= 4 is 28.2 Å². The van der Waals surface area contributed by atoms with Gasteiger partial charge in [0, 0.05) is 62.3 Å². The van der Waals surface area contributed by atoms with Gasteiger partial charge in [0.05, 0.1) is 11.3 Å². The third-order valence-electron chi connectivity index (χ3n) is 5.96. The van der Waals surface area contributed by atoms with E-state index in [1.807, 2.05) is 25.4 Å². The highest BCUT2D eigenvalue weighted by Gasteiger charge is 2.23. The van der Waals surface area contributed by atoms with Gasteiger partial charge in [-0.05, 0) is 44.5 Å². The Bertz CT molecular complexity index is 1140. The van der Waals surface area contributed by atoms with E-state index in [1.54, 1.807) is 30.9 Å². The minimum Gasteiger partial charge on any atom is -0.371 e. The first-order chi connectivity index (χ1) is 14.9. The van der Waals surface area contributed by atoms with Crippen LogP contribution in [0.15, 0.2) is 35.4 Å². The summed E-state index contributed by atoms with van der Waals surface area (Å²) in [4.78, 5) is 27.4. The summed E-state index contributed by atoms with van der Waals surface area (Å²) in [6, 6.07) is 6.14. The van der Waals surface area contributed by atoms with Crippen molar-refractivity contribution in [1.82, 2.24) is 19.7 Å². The summed E-state index contributed by atoms with van der Waals surface area (Å²) in [5.41, 5.74) is 3.42. The van der Waals surface area contributed by atoms with Crippen LogP contribution in [0.5, 0.6) is 0 Å². The van der Waals surface area contributed by atoms with Crippen molar-refractivity contribution in [3.63, 3.8) is 0 Å². The van der Waals surface area contributed by atoms with Crippen LogP contribution in [-0.4, -0.2) is 45.9 Å². The molecule has 0 atom stereocenters. The number of pyridine rings is 1. The second-order valence-corrected chi connectivity index (χ2v) is 8.30.